The molecule has 1 aliphatic heterocycles. The minimum atomic E-state index is -0.893. The van der Waals surface area contributed by atoms with Crippen LogP contribution in [-0.4, -0.2) is 24.9 Å². The Morgan fingerprint density at radius 1 is 1.20 bits per heavy atom. The highest BCUT2D eigenvalue weighted by molar-refractivity contribution is 7.89. The van der Waals surface area contributed by atoms with Gasteiger partial charge in [-0.05, 0) is 27.7 Å². The van der Waals surface area contributed by atoms with Crippen molar-refractivity contribution in [2.24, 2.45) is 0 Å². The smallest absolute Gasteiger partial charge is 0.0872 e. The van der Waals surface area contributed by atoms with Crippen LogP contribution in [0.25, 0.3) is 0 Å². The summed E-state index contributed by atoms with van der Waals surface area (Å²) in [4.78, 5) is 0. The van der Waals surface area contributed by atoms with Crippen molar-refractivity contribution in [2.75, 3.05) is 0 Å². The third-order valence-corrected chi connectivity index (χ3v) is 4.63. The molecule has 0 radical (unpaired) electrons. The van der Waals surface area contributed by atoms with Gasteiger partial charge in [0.2, 0.25) is 0 Å². The molecule has 0 amide bonds. The summed E-state index contributed by atoms with van der Waals surface area (Å²) in [7, 11) is -0.893. The van der Waals surface area contributed by atoms with Crippen molar-refractivity contribution in [3.8, 4) is 0 Å². The van der Waals surface area contributed by atoms with Crippen molar-refractivity contribution in [3.05, 3.63) is 0 Å². The maximum Gasteiger partial charge on any atom is 0.0872 e. The first-order chi connectivity index (χ1) is 4.31. The summed E-state index contributed by atoms with van der Waals surface area (Å²) in [5.74, 6) is 0. The lowest BCUT2D eigenvalue weighted by molar-refractivity contribution is 0.0788. The average molecular weight is 162 g/mol. The van der Waals surface area contributed by atoms with Gasteiger partial charge in [-0.2, -0.15) is 0 Å². The fraction of sp³-hybridized carbons (Fsp3) is 1.00. The van der Waals surface area contributed by atoms with E-state index in [1.54, 1.807) is 0 Å². The van der Waals surface area contributed by atoms with Crippen LogP contribution in [0.15, 0.2) is 0 Å². The Balaban J connectivity index is 2.89. The van der Waals surface area contributed by atoms with Gasteiger partial charge in [0.1, 0.15) is 0 Å². The molecule has 3 heteroatoms. The number of hydrogen-bond donors (Lipinski definition) is 1. The van der Waals surface area contributed by atoms with Gasteiger partial charge in [0.15, 0.2) is 0 Å². The van der Waals surface area contributed by atoms with Gasteiger partial charge in [0.05, 0.1) is 15.6 Å². The lowest BCUT2D eigenvalue weighted by atomic mass is 9.92. The SMILES string of the molecule is CC1(C)C(O)C(C)(C)S1=O. The van der Waals surface area contributed by atoms with E-state index in [0.717, 1.165) is 0 Å². The fourth-order valence-electron chi connectivity index (χ4n) is 1.66. The molecule has 0 aromatic heterocycles. The van der Waals surface area contributed by atoms with Crippen LogP contribution in [0, 0.1) is 0 Å². The Kier molecular flexibility index (Phi) is 1.50. The molecule has 10 heavy (non-hydrogen) atoms. The van der Waals surface area contributed by atoms with E-state index < -0.39 is 26.4 Å². The minimum Gasteiger partial charge on any atom is -0.390 e. The van der Waals surface area contributed by atoms with E-state index in [1.807, 2.05) is 27.7 Å². The van der Waals surface area contributed by atoms with E-state index in [9.17, 15) is 9.32 Å². The second-order valence-electron chi connectivity index (χ2n) is 3.88. The molecule has 1 rings (SSSR count). The molecule has 1 aliphatic rings. The standard InChI is InChI=1S/C7H14O2S/c1-6(2)5(8)7(3,4)10(6)9/h5,8H,1-4H3. The van der Waals surface area contributed by atoms with E-state index in [2.05, 4.69) is 0 Å². The molecule has 0 saturated carbocycles. The van der Waals surface area contributed by atoms with E-state index >= 15 is 0 Å². The van der Waals surface area contributed by atoms with Crippen molar-refractivity contribution >= 4 is 10.8 Å². The van der Waals surface area contributed by atoms with Gasteiger partial charge < -0.3 is 5.11 Å². The van der Waals surface area contributed by atoms with Gasteiger partial charge in [0, 0.05) is 10.8 Å². The maximum atomic E-state index is 11.4. The molecule has 1 N–H and O–H groups in total. The Morgan fingerprint density at radius 3 is 1.60 bits per heavy atom. The summed E-state index contributed by atoms with van der Waals surface area (Å²) >= 11 is 0. The number of aliphatic hydroxyl groups excluding tert-OH is 1. The van der Waals surface area contributed by atoms with Crippen molar-refractivity contribution in [1.82, 2.24) is 0 Å². The zero-order chi connectivity index (χ0) is 8.15. The van der Waals surface area contributed by atoms with Crippen LogP contribution in [-0.2, 0) is 10.8 Å². The molecule has 0 aliphatic carbocycles. The maximum absolute atomic E-state index is 11.4. The van der Waals surface area contributed by atoms with E-state index in [4.69, 9.17) is 0 Å². The Hall–Kier alpha value is 0.110. The number of hydrogen-bond acceptors (Lipinski definition) is 2. The summed E-state index contributed by atoms with van der Waals surface area (Å²) < 4.78 is 10.6. The first-order valence-corrected chi connectivity index (χ1v) is 4.56. The monoisotopic (exact) mass is 162 g/mol. The van der Waals surface area contributed by atoms with Crippen LogP contribution >= 0.6 is 0 Å². The molecule has 1 saturated heterocycles. The zero-order valence-corrected chi connectivity index (χ0v) is 7.66. The third-order valence-electron chi connectivity index (χ3n) is 2.27. The summed E-state index contributed by atoms with van der Waals surface area (Å²) in [6, 6.07) is 0. The van der Waals surface area contributed by atoms with Gasteiger partial charge in [0.25, 0.3) is 0 Å². The van der Waals surface area contributed by atoms with Gasteiger partial charge in [-0.1, -0.05) is 0 Å². The molecule has 0 spiro atoms. The van der Waals surface area contributed by atoms with Crippen LogP contribution < -0.4 is 0 Å². The van der Waals surface area contributed by atoms with Gasteiger partial charge in [-0.3, -0.25) is 4.21 Å². The van der Waals surface area contributed by atoms with Crippen LogP contribution in [0.5, 0.6) is 0 Å². The molecule has 0 atom stereocenters. The Labute approximate surface area is 64.1 Å². The second kappa shape index (κ2) is 1.83. The largest absolute Gasteiger partial charge is 0.390 e. The fourth-order valence-corrected chi connectivity index (χ4v) is 3.82. The first-order valence-electron chi connectivity index (χ1n) is 3.41. The van der Waals surface area contributed by atoms with Crippen LogP contribution in [0.1, 0.15) is 27.7 Å². The quantitative estimate of drug-likeness (QED) is 0.568. The van der Waals surface area contributed by atoms with E-state index in [0.29, 0.717) is 0 Å². The summed E-state index contributed by atoms with van der Waals surface area (Å²) in [5.41, 5.74) is 0. The molecule has 0 unspecified atom stereocenters. The molecule has 0 aromatic rings. The number of rotatable bonds is 0. The Bertz CT molecular complexity index is 166. The highest BCUT2D eigenvalue weighted by Crippen LogP contribution is 2.44. The highest BCUT2D eigenvalue weighted by atomic mass is 32.2. The van der Waals surface area contributed by atoms with Gasteiger partial charge in [-0.15, -0.1) is 0 Å². The highest BCUT2D eigenvalue weighted by Gasteiger charge is 2.59. The normalized spacial score (nSPS) is 42.5. The molecule has 0 bridgehead atoms. The summed E-state index contributed by atoms with van der Waals surface area (Å²) in [6.45, 7) is 7.33. The lowest BCUT2D eigenvalue weighted by Gasteiger charge is -2.52. The Morgan fingerprint density at radius 2 is 1.50 bits per heavy atom. The molecule has 2 nitrogen and oxygen atoms in total. The minimum absolute atomic E-state index is 0.399. The molecular weight excluding hydrogens is 148 g/mol. The summed E-state index contributed by atoms with van der Waals surface area (Å²) in [5, 5.41) is 9.48. The van der Waals surface area contributed by atoms with Crippen molar-refractivity contribution in [3.63, 3.8) is 0 Å². The van der Waals surface area contributed by atoms with Crippen molar-refractivity contribution in [2.45, 2.75) is 43.3 Å². The first kappa shape index (κ1) is 8.21. The molecule has 1 fully saturated rings. The predicted octanol–water partition coefficient (Wildman–Crippen LogP) is 0.667. The topological polar surface area (TPSA) is 37.3 Å². The molecule has 0 aromatic carbocycles. The van der Waals surface area contributed by atoms with Crippen LogP contribution in [0.4, 0.5) is 0 Å². The lowest BCUT2D eigenvalue weighted by Crippen LogP contribution is -2.69. The van der Waals surface area contributed by atoms with Gasteiger partial charge in [-0.25, -0.2) is 0 Å². The third kappa shape index (κ3) is 0.705. The molecular formula is C7H14O2S. The van der Waals surface area contributed by atoms with E-state index in [-0.39, 0.29) is 0 Å². The van der Waals surface area contributed by atoms with Gasteiger partial charge >= 0.3 is 0 Å². The van der Waals surface area contributed by atoms with E-state index in [1.165, 1.54) is 0 Å². The summed E-state index contributed by atoms with van der Waals surface area (Å²) in [6.07, 6.45) is -0.430. The van der Waals surface area contributed by atoms with Crippen molar-refractivity contribution < 1.29 is 9.32 Å². The average Bonchev–Trinajstić information content (AvgIpc) is 1.84. The van der Waals surface area contributed by atoms with Crippen molar-refractivity contribution in [1.29, 1.82) is 0 Å². The molecule has 60 valence electrons. The second-order valence-corrected chi connectivity index (χ2v) is 6.52. The zero-order valence-electron chi connectivity index (χ0n) is 6.84. The van der Waals surface area contributed by atoms with Crippen LogP contribution in [0.3, 0.4) is 0 Å². The van der Waals surface area contributed by atoms with Crippen LogP contribution in [0.2, 0.25) is 0 Å². The number of aliphatic hydroxyl groups is 1. The predicted molar refractivity (Wildman–Crippen MR) is 42.3 cm³/mol. The molecule has 1 heterocycles.